The zero-order valence-corrected chi connectivity index (χ0v) is 12.0. The number of hydrogen-bond donors (Lipinski definition) is 8. The SMILES string of the molecule is N[C@@H]1[C@@H](O)[C@@H](O[C@@H]2[C@@H](O)[C@H](O)[C@@H](N)C[C@H]2N)O[C@@H](CO)[C@H]1O. The highest BCUT2D eigenvalue weighted by molar-refractivity contribution is 4.99. The molecule has 11 N–H and O–H groups in total. The van der Waals surface area contributed by atoms with Crippen LogP contribution in [0, 0.1) is 0 Å². The first-order valence-corrected chi connectivity index (χ1v) is 7.18. The molecule has 0 spiro atoms. The Kier molecular flexibility index (Phi) is 5.72. The van der Waals surface area contributed by atoms with E-state index in [2.05, 4.69) is 0 Å². The summed E-state index contributed by atoms with van der Waals surface area (Å²) in [7, 11) is 0. The van der Waals surface area contributed by atoms with Crippen molar-refractivity contribution in [2.75, 3.05) is 6.61 Å². The maximum absolute atomic E-state index is 10.0. The first kappa shape index (κ1) is 17.9. The van der Waals surface area contributed by atoms with E-state index in [4.69, 9.17) is 31.8 Å². The molecule has 10 heteroatoms. The minimum atomic E-state index is -1.38. The molecule has 2 rings (SSSR count). The predicted molar refractivity (Wildman–Crippen MR) is 73.2 cm³/mol. The molecule has 1 saturated heterocycles. The average Bonchev–Trinajstić information content (AvgIpc) is 2.49. The van der Waals surface area contributed by atoms with Crippen molar-refractivity contribution in [3.8, 4) is 0 Å². The highest BCUT2D eigenvalue weighted by Gasteiger charge is 2.48. The van der Waals surface area contributed by atoms with Crippen molar-refractivity contribution >= 4 is 0 Å². The van der Waals surface area contributed by atoms with Gasteiger partial charge in [-0.15, -0.1) is 0 Å². The second-order valence-electron chi connectivity index (χ2n) is 5.93. The van der Waals surface area contributed by atoms with Crippen LogP contribution in [0.4, 0.5) is 0 Å². The quantitative estimate of drug-likeness (QED) is 0.248. The normalized spacial score (nSPS) is 53.5. The lowest BCUT2D eigenvalue weighted by molar-refractivity contribution is -0.304. The summed E-state index contributed by atoms with van der Waals surface area (Å²) in [6.07, 6.45) is -8.38. The summed E-state index contributed by atoms with van der Waals surface area (Å²) in [4.78, 5) is 0. The Hall–Kier alpha value is -0.400. The molecule has 22 heavy (non-hydrogen) atoms. The molecule has 0 aromatic heterocycles. The minimum Gasteiger partial charge on any atom is -0.394 e. The number of aliphatic hydroxyl groups is 5. The summed E-state index contributed by atoms with van der Waals surface area (Å²) in [6, 6.07) is -2.46. The van der Waals surface area contributed by atoms with E-state index in [1.165, 1.54) is 0 Å². The summed E-state index contributed by atoms with van der Waals surface area (Å²) in [5.41, 5.74) is 17.2. The number of hydrogen-bond acceptors (Lipinski definition) is 10. The average molecular weight is 323 g/mol. The molecule has 1 aliphatic carbocycles. The van der Waals surface area contributed by atoms with Crippen molar-refractivity contribution in [2.24, 2.45) is 17.2 Å². The molecule has 10 atom stereocenters. The molecule has 1 saturated carbocycles. The molecular weight excluding hydrogens is 298 g/mol. The monoisotopic (exact) mass is 323 g/mol. The Morgan fingerprint density at radius 3 is 2.14 bits per heavy atom. The van der Waals surface area contributed by atoms with Gasteiger partial charge >= 0.3 is 0 Å². The first-order valence-electron chi connectivity index (χ1n) is 7.18. The van der Waals surface area contributed by atoms with Gasteiger partial charge in [0.05, 0.1) is 18.8 Å². The van der Waals surface area contributed by atoms with Crippen LogP contribution < -0.4 is 17.2 Å². The fourth-order valence-electron chi connectivity index (χ4n) is 2.85. The molecule has 0 amide bonds. The van der Waals surface area contributed by atoms with E-state index in [0.29, 0.717) is 0 Å². The maximum Gasteiger partial charge on any atom is 0.186 e. The van der Waals surface area contributed by atoms with E-state index in [9.17, 15) is 20.4 Å². The standard InChI is InChI=1S/C12H25N3O7/c13-3-1-4(14)11(10(20)7(3)17)22-12-9(19)6(15)8(18)5(2-16)21-12/h3-12,16-20H,1-2,13-15H2/t3-,4+,5-,6-,7+,8+,9+,10-,11-,12+/m0/s1. The summed E-state index contributed by atoms with van der Waals surface area (Å²) in [6.45, 7) is -0.520. The van der Waals surface area contributed by atoms with Gasteiger partial charge in [-0.2, -0.15) is 0 Å². The highest BCUT2D eigenvalue weighted by Crippen LogP contribution is 2.27. The Bertz CT molecular complexity index is 375. The van der Waals surface area contributed by atoms with Crippen LogP contribution in [0.5, 0.6) is 0 Å². The van der Waals surface area contributed by atoms with Gasteiger partial charge in [-0.1, -0.05) is 0 Å². The largest absolute Gasteiger partial charge is 0.394 e. The second-order valence-corrected chi connectivity index (χ2v) is 5.93. The van der Waals surface area contributed by atoms with Gasteiger partial charge in [-0.05, 0) is 6.42 Å². The van der Waals surface area contributed by atoms with Gasteiger partial charge in [0.15, 0.2) is 6.29 Å². The molecule has 10 nitrogen and oxygen atoms in total. The Balaban J connectivity index is 2.08. The third-order valence-electron chi connectivity index (χ3n) is 4.32. The molecule has 2 aliphatic rings. The Labute approximate surface area is 127 Å². The topological polar surface area (TPSA) is 198 Å². The summed E-state index contributed by atoms with van der Waals surface area (Å²) in [5.74, 6) is 0. The molecule has 130 valence electrons. The molecule has 0 aromatic carbocycles. The van der Waals surface area contributed by atoms with Crippen molar-refractivity contribution in [3.05, 3.63) is 0 Å². The fraction of sp³-hybridized carbons (Fsp3) is 1.00. The molecule has 0 bridgehead atoms. The van der Waals surface area contributed by atoms with Crippen LogP contribution >= 0.6 is 0 Å². The fourth-order valence-corrected chi connectivity index (χ4v) is 2.85. The zero-order valence-electron chi connectivity index (χ0n) is 12.0. The lowest BCUT2D eigenvalue weighted by Crippen LogP contribution is -2.67. The highest BCUT2D eigenvalue weighted by atomic mass is 16.7. The third-order valence-corrected chi connectivity index (χ3v) is 4.32. The van der Waals surface area contributed by atoms with E-state index in [1.54, 1.807) is 0 Å². The van der Waals surface area contributed by atoms with E-state index in [1.807, 2.05) is 0 Å². The number of nitrogens with two attached hydrogens (primary N) is 3. The van der Waals surface area contributed by atoms with Crippen molar-refractivity contribution in [1.29, 1.82) is 0 Å². The summed E-state index contributed by atoms with van der Waals surface area (Å²) < 4.78 is 10.7. The van der Waals surface area contributed by atoms with Gasteiger partial charge in [0.25, 0.3) is 0 Å². The van der Waals surface area contributed by atoms with Crippen molar-refractivity contribution in [3.63, 3.8) is 0 Å². The molecule has 2 fully saturated rings. The number of aliphatic hydroxyl groups excluding tert-OH is 5. The Morgan fingerprint density at radius 2 is 1.55 bits per heavy atom. The second kappa shape index (κ2) is 7.01. The van der Waals surface area contributed by atoms with Gasteiger partial charge in [-0.25, -0.2) is 0 Å². The van der Waals surface area contributed by atoms with E-state index >= 15 is 0 Å². The lowest BCUT2D eigenvalue weighted by atomic mass is 9.84. The van der Waals surface area contributed by atoms with Crippen LogP contribution in [0.2, 0.25) is 0 Å². The van der Waals surface area contributed by atoms with Gasteiger partial charge < -0.3 is 52.2 Å². The van der Waals surface area contributed by atoms with Crippen LogP contribution in [0.1, 0.15) is 6.42 Å². The molecule has 1 aliphatic heterocycles. The van der Waals surface area contributed by atoms with E-state index in [-0.39, 0.29) is 6.42 Å². The van der Waals surface area contributed by atoms with Crippen molar-refractivity contribution < 1.29 is 35.0 Å². The molecule has 0 aromatic rings. The zero-order chi connectivity index (χ0) is 16.6. The van der Waals surface area contributed by atoms with Gasteiger partial charge in [-0.3, -0.25) is 0 Å². The van der Waals surface area contributed by atoms with Crippen LogP contribution in [0.25, 0.3) is 0 Å². The molecule has 1 heterocycles. The Morgan fingerprint density at radius 1 is 0.909 bits per heavy atom. The predicted octanol–water partition coefficient (Wildman–Crippen LogP) is -5.08. The summed E-state index contributed by atoms with van der Waals surface area (Å²) in [5, 5.41) is 48.8. The number of rotatable bonds is 3. The van der Waals surface area contributed by atoms with Gasteiger partial charge in [0.1, 0.15) is 30.5 Å². The van der Waals surface area contributed by atoms with Crippen LogP contribution in [0.3, 0.4) is 0 Å². The first-order chi connectivity index (χ1) is 10.3. The van der Waals surface area contributed by atoms with E-state index < -0.39 is 67.6 Å². The third kappa shape index (κ3) is 3.26. The summed E-state index contributed by atoms with van der Waals surface area (Å²) >= 11 is 0. The van der Waals surface area contributed by atoms with Crippen molar-refractivity contribution in [1.82, 2.24) is 0 Å². The number of ether oxygens (including phenoxy) is 2. The molecule has 0 unspecified atom stereocenters. The van der Waals surface area contributed by atoms with Crippen LogP contribution in [0.15, 0.2) is 0 Å². The molecule has 0 radical (unpaired) electrons. The van der Waals surface area contributed by atoms with E-state index in [0.717, 1.165) is 0 Å². The van der Waals surface area contributed by atoms with Gasteiger partial charge in [0, 0.05) is 12.1 Å². The lowest BCUT2D eigenvalue weighted by Gasteiger charge is -2.45. The van der Waals surface area contributed by atoms with Crippen molar-refractivity contribution in [2.45, 2.75) is 67.5 Å². The maximum atomic E-state index is 10.0. The minimum absolute atomic E-state index is 0.212. The van der Waals surface area contributed by atoms with Crippen LogP contribution in [-0.2, 0) is 9.47 Å². The van der Waals surface area contributed by atoms with Crippen LogP contribution in [-0.4, -0.2) is 93.2 Å². The molecular formula is C12H25N3O7. The smallest absolute Gasteiger partial charge is 0.186 e. The van der Waals surface area contributed by atoms with Gasteiger partial charge in [0.2, 0.25) is 0 Å².